The van der Waals surface area contributed by atoms with E-state index in [2.05, 4.69) is 0 Å². The van der Waals surface area contributed by atoms with Crippen LogP contribution in [0.1, 0.15) is 31.2 Å². The number of rotatable bonds is 4. The second kappa shape index (κ2) is 5.42. The van der Waals surface area contributed by atoms with Crippen LogP contribution in [0, 0.1) is 12.7 Å². The normalized spacial score (nSPS) is 18.6. The van der Waals surface area contributed by atoms with E-state index in [1.165, 1.54) is 23.5 Å². The van der Waals surface area contributed by atoms with Gasteiger partial charge in [-0.2, -0.15) is 4.31 Å². The summed E-state index contributed by atoms with van der Waals surface area (Å²) in [7, 11) is -2.25. The molecule has 4 nitrogen and oxygen atoms in total. The van der Waals surface area contributed by atoms with Crippen molar-refractivity contribution < 1.29 is 17.9 Å². The molecule has 1 aliphatic rings. The zero-order valence-electron chi connectivity index (χ0n) is 11.8. The summed E-state index contributed by atoms with van der Waals surface area (Å²) in [5.74, 6) is -0.460. The Labute approximate surface area is 119 Å². The van der Waals surface area contributed by atoms with Gasteiger partial charge in [0, 0.05) is 13.6 Å². The maximum absolute atomic E-state index is 13.1. The number of likely N-dealkylation sites (N-methyl/N-ethyl adjacent to an activating group) is 1. The van der Waals surface area contributed by atoms with E-state index in [1.54, 1.807) is 6.92 Å². The zero-order valence-corrected chi connectivity index (χ0v) is 12.6. The predicted octanol–water partition coefficient (Wildman–Crippen LogP) is 2.06. The van der Waals surface area contributed by atoms with E-state index in [4.69, 9.17) is 0 Å². The third-order valence-electron chi connectivity index (χ3n) is 3.88. The minimum atomic E-state index is -3.71. The third-order valence-corrected chi connectivity index (χ3v) is 5.84. The Morgan fingerprint density at radius 3 is 2.50 bits per heavy atom. The van der Waals surface area contributed by atoms with Gasteiger partial charge < -0.3 is 5.11 Å². The highest BCUT2D eigenvalue weighted by Crippen LogP contribution is 2.31. The van der Waals surface area contributed by atoms with Crippen LogP contribution in [0.3, 0.4) is 0 Å². The van der Waals surface area contributed by atoms with Gasteiger partial charge in [-0.15, -0.1) is 0 Å². The second-order valence-corrected chi connectivity index (χ2v) is 7.62. The number of aryl methyl sites for hydroxylation is 1. The first-order chi connectivity index (χ1) is 9.24. The molecule has 0 atom stereocenters. The Kier molecular flexibility index (Phi) is 4.18. The van der Waals surface area contributed by atoms with E-state index in [1.807, 2.05) is 0 Å². The van der Waals surface area contributed by atoms with Gasteiger partial charge in [-0.05, 0) is 43.5 Å². The Morgan fingerprint density at radius 2 is 1.95 bits per heavy atom. The number of hydrogen-bond acceptors (Lipinski definition) is 3. The molecular formula is C14H20FNO3S. The third kappa shape index (κ3) is 3.02. The largest absolute Gasteiger partial charge is 0.389 e. The highest BCUT2D eigenvalue weighted by molar-refractivity contribution is 7.89. The Hall–Kier alpha value is -0.980. The average Bonchev–Trinajstić information content (AvgIpc) is 2.75. The van der Waals surface area contributed by atoms with Crippen LogP contribution < -0.4 is 0 Å². The van der Waals surface area contributed by atoms with Crippen LogP contribution in [0.2, 0.25) is 0 Å². The lowest BCUT2D eigenvalue weighted by atomic mass is 10.0. The molecule has 0 radical (unpaired) electrons. The Balaban J connectivity index is 2.25. The van der Waals surface area contributed by atoms with Crippen molar-refractivity contribution >= 4 is 10.0 Å². The number of nitrogens with zero attached hydrogens (tertiary/aromatic N) is 1. The highest BCUT2D eigenvalue weighted by atomic mass is 32.2. The number of halogens is 1. The van der Waals surface area contributed by atoms with Crippen molar-refractivity contribution in [3.8, 4) is 0 Å². The maximum atomic E-state index is 13.1. The first-order valence-corrected chi connectivity index (χ1v) is 8.13. The molecule has 1 N–H and O–H groups in total. The molecule has 1 aliphatic carbocycles. The minimum Gasteiger partial charge on any atom is -0.389 e. The van der Waals surface area contributed by atoms with E-state index >= 15 is 0 Å². The smallest absolute Gasteiger partial charge is 0.243 e. The van der Waals surface area contributed by atoms with Crippen LogP contribution in [0.4, 0.5) is 4.39 Å². The topological polar surface area (TPSA) is 57.6 Å². The van der Waals surface area contributed by atoms with Gasteiger partial charge in [0.2, 0.25) is 10.0 Å². The van der Waals surface area contributed by atoms with Crippen LogP contribution >= 0.6 is 0 Å². The molecule has 1 aromatic carbocycles. The van der Waals surface area contributed by atoms with E-state index in [-0.39, 0.29) is 11.4 Å². The van der Waals surface area contributed by atoms with Crippen molar-refractivity contribution in [3.05, 3.63) is 29.6 Å². The molecule has 1 fully saturated rings. The number of aliphatic hydroxyl groups is 1. The van der Waals surface area contributed by atoms with E-state index < -0.39 is 21.4 Å². The molecule has 20 heavy (non-hydrogen) atoms. The Morgan fingerprint density at radius 1 is 1.35 bits per heavy atom. The van der Waals surface area contributed by atoms with Gasteiger partial charge >= 0.3 is 0 Å². The molecule has 0 aliphatic heterocycles. The van der Waals surface area contributed by atoms with Gasteiger partial charge in [0.1, 0.15) is 5.82 Å². The summed E-state index contributed by atoms with van der Waals surface area (Å²) in [5, 5.41) is 10.3. The van der Waals surface area contributed by atoms with E-state index in [0.29, 0.717) is 18.4 Å². The monoisotopic (exact) mass is 301 g/mol. The maximum Gasteiger partial charge on any atom is 0.243 e. The molecule has 0 aromatic heterocycles. The standard InChI is InChI=1S/C14H20FNO3S/c1-11-9-12(15)5-6-13(11)20(18,19)16(2)10-14(17)7-3-4-8-14/h5-6,9,17H,3-4,7-8,10H2,1-2H3. The summed E-state index contributed by atoms with van der Waals surface area (Å²) in [6.07, 6.45) is 3.07. The van der Waals surface area contributed by atoms with Crippen molar-refractivity contribution in [2.45, 2.75) is 43.1 Å². The second-order valence-electron chi connectivity index (χ2n) is 5.60. The zero-order chi connectivity index (χ0) is 15.0. The lowest BCUT2D eigenvalue weighted by molar-refractivity contribution is 0.0333. The van der Waals surface area contributed by atoms with Crippen LogP contribution in [-0.4, -0.2) is 37.0 Å². The predicted molar refractivity (Wildman–Crippen MR) is 74.4 cm³/mol. The van der Waals surface area contributed by atoms with Crippen LogP contribution in [0.25, 0.3) is 0 Å². The molecule has 0 unspecified atom stereocenters. The average molecular weight is 301 g/mol. The van der Waals surface area contributed by atoms with Gasteiger partial charge in [0.05, 0.1) is 10.5 Å². The summed E-state index contributed by atoms with van der Waals surface area (Å²) in [6.45, 7) is 1.64. The SMILES string of the molecule is Cc1cc(F)ccc1S(=O)(=O)N(C)CC1(O)CCCC1. The fourth-order valence-corrected chi connectivity index (χ4v) is 4.21. The van der Waals surface area contributed by atoms with E-state index in [9.17, 15) is 17.9 Å². The molecular weight excluding hydrogens is 281 g/mol. The fraction of sp³-hybridized carbons (Fsp3) is 0.571. The van der Waals surface area contributed by atoms with Gasteiger partial charge in [0.15, 0.2) is 0 Å². The van der Waals surface area contributed by atoms with Crippen molar-refractivity contribution in [2.75, 3.05) is 13.6 Å². The first-order valence-electron chi connectivity index (χ1n) is 6.69. The molecule has 0 heterocycles. The molecule has 6 heteroatoms. The van der Waals surface area contributed by atoms with Gasteiger partial charge in [-0.3, -0.25) is 0 Å². The molecule has 0 bridgehead atoms. The lowest BCUT2D eigenvalue weighted by Crippen LogP contribution is -2.42. The molecule has 1 aromatic rings. The molecule has 1 saturated carbocycles. The Bertz CT molecular complexity index is 594. The summed E-state index contributed by atoms with van der Waals surface area (Å²) in [5.41, 5.74) is -0.564. The van der Waals surface area contributed by atoms with Crippen molar-refractivity contribution in [1.82, 2.24) is 4.31 Å². The summed E-state index contributed by atoms with van der Waals surface area (Å²) >= 11 is 0. The van der Waals surface area contributed by atoms with Gasteiger partial charge in [0.25, 0.3) is 0 Å². The number of hydrogen-bond donors (Lipinski definition) is 1. The summed E-state index contributed by atoms with van der Waals surface area (Å²) < 4.78 is 39.2. The lowest BCUT2D eigenvalue weighted by Gasteiger charge is -2.28. The van der Waals surface area contributed by atoms with Crippen molar-refractivity contribution in [2.24, 2.45) is 0 Å². The van der Waals surface area contributed by atoms with Crippen LogP contribution in [0.15, 0.2) is 23.1 Å². The first kappa shape index (κ1) is 15.4. The van der Waals surface area contributed by atoms with Gasteiger partial charge in [-0.1, -0.05) is 12.8 Å². The molecule has 0 saturated heterocycles. The van der Waals surface area contributed by atoms with E-state index in [0.717, 1.165) is 18.9 Å². The van der Waals surface area contributed by atoms with Crippen LogP contribution in [0.5, 0.6) is 0 Å². The molecule has 112 valence electrons. The van der Waals surface area contributed by atoms with Gasteiger partial charge in [-0.25, -0.2) is 12.8 Å². The van der Waals surface area contributed by atoms with Crippen LogP contribution in [-0.2, 0) is 10.0 Å². The summed E-state index contributed by atoms with van der Waals surface area (Å²) in [4.78, 5) is 0.0861. The number of sulfonamides is 1. The summed E-state index contributed by atoms with van der Waals surface area (Å²) in [6, 6.07) is 3.61. The van der Waals surface area contributed by atoms with Crippen molar-refractivity contribution in [1.29, 1.82) is 0 Å². The quantitative estimate of drug-likeness (QED) is 0.926. The fourth-order valence-electron chi connectivity index (χ4n) is 2.76. The number of benzene rings is 1. The van der Waals surface area contributed by atoms with Crippen molar-refractivity contribution in [3.63, 3.8) is 0 Å². The minimum absolute atomic E-state index is 0.0755. The molecule has 0 spiro atoms. The molecule has 2 rings (SSSR count). The molecule has 0 amide bonds. The highest BCUT2D eigenvalue weighted by Gasteiger charge is 2.36.